The molecule has 1 spiro atoms. The lowest BCUT2D eigenvalue weighted by Crippen LogP contribution is -2.38. The van der Waals surface area contributed by atoms with Crippen molar-refractivity contribution in [1.29, 1.82) is 0 Å². The van der Waals surface area contributed by atoms with Gasteiger partial charge in [0.2, 0.25) is 5.91 Å². The van der Waals surface area contributed by atoms with Crippen LogP contribution in [0, 0.1) is 11.2 Å². The zero-order chi connectivity index (χ0) is 15.0. The van der Waals surface area contributed by atoms with Crippen molar-refractivity contribution in [2.75, 3.05) is 19.6 Å². The lowest BCUT2D eigenvalue weighted by atomic mass is 9.85. The highest BCUT2D eigenvalue weighted by molar-refractivity contribution is 5.85. The van der Waals surface area contributed by atoms with Crippen molar-refractivity contribution < 1.29 is 9.18 Å². The molecule has 1 aromatic carbocycles. The van der Waals surface area contributed by atoms with Gasteiger partial charge >= 0.3 is 0 Å². The summed E-state index contributed by atoms with van der Waals surface area (Å²) in [6.45, 7) is 7.58. The highest BCUT2D eigenvalue weighted by atomic mass is 19.1. The van der Waals surface area contributed by atoms with Gasteiger partial charge in [0.1, 0.15) is 5.82 Å². The Hall–Kier alpha value is -1.42. The number of likely N-dealkylation sites (tertiary alicyclic amines) is 2. The van der Waals surface area contributed by atoms with Gasteiger partial charge in [-0.25, -0.2) is 4.39 Å². The van der Waals surface area contributed by atoms with Gasteiger partial charge in [-0.15, -0.1) is 0 Å². The molecule has 0 radical (unpaired) electrons. The molecule has 0 aromatic heterocycles. The molecule has 3 nitrogen and oxygen atoms in total. The summed E-state index contributed by atoms with van der Waals surface area (Å²) in [7, 11) is 0. The summed E-state index contributed by atoms with van der Waals surface area (Å²) in [5.74, 6) is 0.0237. The van der Waals surface area contributed by atoms with E-state index in [1.165, 1.54) is 12.1 Å². The van der Waals surface area contributed by atoms with E-state index in [2.05, 4.69) is 18.7 Å². The molecule has 3 rings (SSSR count). The molecule has 1 atom stereocenters. The third kappa shape index (κ3) is 2.69. The molecule has 0 N–H and O–H groups in total. The minimum absolute atomic E-state index is 0.183. The number of carbonyl (C=O) groups excluding carboxylic acids is 1. The van der Waals surface area contributed by atoms with Crippen LogP contribution in [0.4, 0.5) is 4.39 Å². The molecular weight excluding hydrogens is 267 g/mol. The van der Waals surface area contributed by atoms with E-state index in [4.69, 9.17) is 0 Å². The van der Waals surface area contributed by atoms with E-state index in [0.717, 1.165) is 38.0 Å². The van der Waals surface area contributed by atoms with E-state index >= 15 is 0 Å². The van der Waals surface area contributed by atoms with Crippen molar-refractivity contribution in [2.45, 2.75) is 39.3 Å². The quantitative estimate of drug-likeness (QED) is 0.854. The summed E-state index contributed by atoms with van der Waals surface area (Å²) in [6, 6.07) is 7.05. The lowest BCUT2D eigenvalue weighted by molar-refractivity contribution is -0.136. The van der Waals surface area contributed by atoms with Crippen LogP contribution in [0.1, 0.15) is 32.3 Å². The van der Waals surface area contributed by atoms with E-state index < -0.39 is 0 Å². The van der Waals surface area contributed by atoms with E-state index in [0.29, 0.717) is 12.6 Å². The van der Waals surface area contributed by atoms with Gasteiger partial charge in [0.15, 0.2) is 0 Å². The highest BCUT2D eigenvalue weighted by Gasteiger charge is 2.50. The van der Waals surface area contributed by atoms with Crippen molar-refractivity contribution in [2.24, 2.45) is 5.41 Å². The minimum Gasteiger partial charge on any atom is -0.338 e. The Morgan fingerprint density at radius 2 is 2.05 bits per heavy atom. The third-order valence-corrected chi connectivity index (χ3v) is 4.98. The Bertz CT molecular complexity index is 545. The van der Waals surface area contributed by atoms with Crippen LogP contribution in [-0.4, -0.2) is 41.4 Å². The molecule has 0 aliphatic carbocycles. The molecular formula is C17H23FN2O. The van der Waals surface area contributed by atoms with Crippen molar-refractivity contribution in [3.63, 3.8) is 0 Å². The van der Waals surface area contributed by atoms with Crippen LogP contribution in [0.25, 0.3) is 0 Å². The Morgan fingerprint density at radius 3 is 2.71 bits per heavy atom. The van der Waals surface area contributed by atoms with Crippen LogP contribution in [-0.2, 0) is 11.3 Å². The summed E-state index contributed by atoms with van der Waals surface area (Å²) >= 11 is 0. The number of halogens is 1. The van der Waals surface area contributed by atoms with Crippen molar-refractivity contribution in [3.8, 4) is 0 Å². The van der Waals surface area contributed by atoms with Gasteiger partial charge in [0.25, 0.3) is 0 Å². The lowest BCUT2D eigenvalue weighted by Gasteiger charge is -2.25. The fourth-order valence-electron chi connectivity index (χ4n) is 3.62. The van der Waals surface area contributed by atoms with Crippen LogP contribution < -0.4 is 0 Å². The predicted octanol–water partition coefficient (Wildman–Crippen LogP) is 2.66. The summed E-state index contributed by atoms with van der Waals surface area (Å²) in [5, 5.41) is 0. The molecule has 2 heterocycles. The van der Waals surface area contributed by atoms with E-state index in [1.807, 2.05) is 11.0 Å². The van der Waals surface area contributed by atoms with Gasteiger partial charge in [0, 0.05) is 25.7 Å². The highest BCUT2D eigenvalue weighted by Crippen LogP contribution is 2.41. The van der Waals surface area contributed by atoms with Crippen LogP contribution in [0.2, 0.25) is 0 Å². The summed E-state index contributed by atoms with van der Waals surface area (Å²) in [4.78, 5) is 17.1. The summed E-state index contributed by atoms with van der Waals surface area (Å²) in [5.41, 5.74) is 0.691. The molecule has 1 amide bonds. The third-order valence-electron chi connectivity index (χ3n) is 4.98. The summed E-state index contributed by atoms with van der Waals surface area (Å²) < 4.78 is 13.3. The zero-order valence-electron chi connectivity index (χ0n) is 12.8. The topological polar surface area (TPSA) is 23.6 Å². The first-order valence-corrected chi connectivity index (χ1v) is 7.78. The molecule has 1 aromatic rings. The molecule has 2 aliphatic heterocycles. The van der Waals surface area contributed by atoms with Gasteiger partial charge in [-0.3, -0.25) is 9.69 Å². The van der Waals surface area contributed by atoms with Gasteiger partial charge in [-0.1, -0.05) is 12.1 Å². The molecule has 21 heavy (non-hydrogen) atoms. The number of carbonyl (C=O) groups is 1. The Kier molecular flexibility index (Phi) is 3.74. The maximum atomic E-state index is 13.3. The minimum atomic E-state index is -0.235. The smallest absolute Gasteiger partial charge is 0.230 e. The number of hydrogen-bond acceptors (Lipinski definition) is 2. The average molecular weight is 290 g/mol. The first kappa shape index (κ1) is 14.5. The average Bonchev–Trinajstić information content (AvgIpc) is 3.00. The molecule has 1 unspecified atom stereocenters. The van der Waals surface area contributed by atoms with Crippen LogP contribution in [0.5, 0.6) is 0 Å². The molecule has 2 fully saturated rings. The van der Waals surface area contributed by atoms with Gasteiger partial charge in [-0.05, 0) is 50.9 Å². The van der Waals surface area contributed by atoms with Crippen LogP contribution in [0.15, 0.2) is 24.3 Å². The second-order valence-corrected chi connectivity index (χ2v) is 6.70. The maximum Gasteiger partial charge on any atom is 0.230 e. The van der Waals surface area contributed by atoms with E-state index in [-0.39, 0.29) is 17.1 Å². The Morgan fingerprint density at radius 1 is 1.29 bits per heavy atom. The number of amides is 1. The number of rotatable bonds is 3. The van der Waals surface area contributed by atoms with Crippen molar-refractivity contribution >= 4 is 5.91 Å². The summed E-state index contributed by atoms with van der Waals surface area (Å²) in [6.07, 6.45) is 1.90. The van der Waals surface area contributed by atoms with Crippen LogP contribution >= 0.6 is 0 Å². The Balaban J connectivity index is 1.70. The van der Waals surface area contributed by atoms with E-state index in [9.17, 15) is 9.18 Å². The normalized spacial score (nSPS) is 26.5. The van der Waals surface area contributed by atoms with Gasteiger partial charge in [0.05, 0.1) is 5.41 Å². The fraction of sp³-hybridized carbons (Fsp3) is 0.588. The van der Waals surface area contributed by atoms with Crippen LogP contribution in [0.3, 0.4) is 0 Å². The van der Waals surface area contributed by atoms with Crippen molar-refractivity contribution in [1.82, 2.24) is 9.80 Å². The molecule has 2 saturated heterocycles. The first-order chi connectivity index (χ1) is 10.00. The molecule has 2 aliphatic rings. The maximum absolute atomic E-state index is 13.3. The monoisotopic (exact) mass is 290 g/mol. The molecule has 114 valence electrons. The van der Waals surface area contributed by atoms with Gasteiger partial charge in [-0.2, -0.15) is 0 Å². The number of benzene rings is 1. The van der Waals surface area contributed by atoms with Crippen molar-refractivity contribution in [3.05, 3.63) is 35.6 Å². The number of nitrogens with zero attached hydrogens (tertiary/aromatic N) is 2. The largest absolute Gasteiger partial charge is 0.338 e. The second-order valence-electron chi connectivity index (χ2n) is 6.70. The molecule has 0 saturated carbocycles. The second kappa shape index (κ2) is 5.41. The SMILES string of the molecule is CC(C)N1CCC2(CCN(Cc3cccc(F)c3)C2=O)C1. The predicted molar refractivity (Wildman–Crippen MR) is 80.2 cm³/mol. The zero-order valence-corrected chi connectivity index (χ0v) is 12.8. The van der Waals surface area contributed by atoms with E-state index in [1.54, 1.807) is 6.07 Å². The van der Waals surface area contributed by atoms with Gasteiger partial charge < -0.3 is 4.90 Å². The standard InChI is InChI=1S/C17H23FN2O/c1-13(2)20-9-7-17(12-20)6-8-19(16(17)21)11-14-4-3-5-15(18)10-14/h3-5,10,13H,6-9,11-12H2,1-2H3. The Labute approximate surface area is 125 Å². The molecule has 0 bridgehead atoms. The number of hydrogen-bond donors (Lipinski definition) is 0. The fourth-order valence-corrected chi connectivity index (χ4v) is 3.62. The molecule has 4 heteroatoms. The first-order valence-electron chi connectivity index (χ1n) is 7.78.